The second-order valence-electron chi connectivity index (χ2n) is 8.19. The minimum Gasteiger partial charge on any atom is -0.480 e. The average Bonchev–Trinajstić information content (AvgIpc) is 2.85. The van der Waals surface area contributed by atoms with E-state index in [1.54, 1.807) is 6.92 Å². The number of hydrogen-bond acceptors (Lipinski definition) is 8. The molecule has 36 heavy (non-hydrogen) atoms. The van der Waals surface area contributed by atoms with Crippen LogP contribution in [0.5, 0.6) is 0 Å². The van der Waals surface area contributed by atoms with E-state index in [9.17, 15) is 14.4 Å². The van der Waals surface area contributed by atoms with E-state index < -0.39 is 36.0 Å². The summed E-state index contributed by atoms with van der Waals surface area (Å²) in [7, 11) is 0. The molecule has 0 fully saturated rings. The molecule has 0 radical (unpaired) electrons. The number of benzene rings is 2. The minimum absolute atomic E-state index is 0.520. The van der Waals surface area contributed by atoms with Crippen LogP contribution in [0.25, 0.3) is 10.8 Å². The highest BCUT2D eigenvalue weighted by Gasteiger charge is 2.11. The maximum atomic E-state index is 10.8. The fourth-order valence-corrected chi connectivity index (χ4v) is 2.91. The van der Waals surface area contributed by atoms with Gasteiger partial charge in [0.05, 0.1) is 0 Å². The van der Waals surface area contributed by atoms with Crippen molar-refractivity contribution in [1.29, 1.82) is 0 Å². The third kappa shape index (κ3) is 14.2. The summed E-state index contributed by atoms with van der Waals surface area (Å²) in [4.78, 5) is 31.1. The number of carboxylic acids is 3. The molecular formula is C25H41N5O6. The van der Waals surface area contributed by atoms with Crippen molar-refractivity contribution in [2.45, 2.75) is 63.6 Å². The summed E-state index contributed by atoms with van der Waals surface area (Å²) in [5, 5.41) is 30.6. The highest BCUT2D eigenvalue weighted by atomic mass is 16.4. The lowest BCUT2D eigenvalue weighted by Crippen LogP contribution is -2.29. The molecule has 2 rings (SSSR count). The number of carboxylic acid groups (broad SMARTS) is 3. The van der Waals surface area contributed by atoms with Gasteiger partial charge in [0.25, 0.3) is 0 Å². The van der Waals surface area contributed by atoms with Gasteiger partial charge in [0.1, 0.15) is 18.1 Å². The van der Waals surface area contributed by atoms with Crippen LogP contribution >= 0.6 is 0 Å². The standard InChI is InChI=1S/C13H13NO2.2C6H14N2O2/c1-9(13(15)16)14-12-8-4-6-10-5-2-3-7-11(10)12;2*7-4-2-1-3-5(8)6(9)10/h2-9,14H,1H3,(H,15,16);2*5H,1-4,7-8H2,(H,9,10). The highest BCUT2D eigenvalue weighted by molar-refractivity contribution is 5.95. The smallest absolute Gasteiger partial charge is 0.325 e. The average molecular weight is 508 g/mol. The molecule has 0 aliphatic rings. The van der Waals surface area contributed by atoms with Crippen LogP contribution in [0.3, 0.4) is 0 Å². The van der Waals surface area contributed by atoms with E-state index in [1.165, 1.54) is 0 Å². The molecule has 0 heterocycles. The Bertz CT molecular complexity index is 895. The Kier molecular flexibility index (Phi) is 17.3. The molecule has 11 heteroatoms. The van der Waals surface area contributed by atoms with Gasteiger partial charge in [-0.1, -0.05) is 49.2 Å². The molecule has 0 aliphatic heterocycles. The minimum atomic E-state index is -0.933. The van der Waals surface area contributed by atoms with Gasteiger partial charge in [-0.15, -0.1) is 0 Å². The fraction of sp³-hybridized carbons (Fsp3) is 0.480. The Morgan fingerprint density at radius 1 is 0.750 bits per heavy atom. The molecule has 0 aliphatic carbocycles. The van der Waals surface area contributed by atoms with Gasteiger partial charge in [0.2, 0.25) is 0 Å². The number of rotatable bonds is 13. The van der Waals surface area contributed by atoms with Gasteiger partial charge in [0.15, 0.2) is 0 Å². The Hall–Kier alpha value is -3.25. The molecule has 0 saturated heterocycles. The first-order chi connectivity index (χ1) is 17.0. The number of aliphatic carboxylic acids is 3. The zero-order chi connectivity index (χ0) is 27.5. The molecule has 0 saturated carbocycles. The Morgan fingerprint density at radius 2 is 1.22 bits per heavy atom. The third-order valence-electron chi connectivity index (χ3n) is 5.10. The summed E-state index contributed by atoms with van der Waals surface area (Å²) >= 11 is 0. The van der Waals surface area contributed by atoms with Gasteiger partial charge in [0, 0.05) is 11.1 Å². The Morgan fingerprint density at radius 3 is 1.67 bits per heavy atom. The first kappa shape index (κ1) is 32.8. The molecule has 11 nitrogen and oxygen atoms in total. The van der Waals surface area contributed by atoms with Crippen molar-refractivity contribution in [1.82, 2.24) is 0 Å². The lowest BCUT2D eigenvalue weighted by molar-refractivity contribution is -0.139. The van der Waals surface area contributed by atoms with Gasteiger partial charge in [-0.3, -0.25) is 14.4 Å². The summed E-state index contributed by atoms with van der Waals surface area (Å²) in [6, 6.07) is 11.7. The molecule has 2 aromatic rings. The molecule has 0 aromatic heterocycles. The van der Waals surface area contributed by atoms with Crippen molar-refractivity contribution in [3.05, 3.63) is 42.5 Å². The zero-order valence-electron chi connectivity index (χ0n) is 20.8. The van der Waals surface area contributed by atoms with Crippen molar-refractivity contribution in [2.24, 2.45) is 22.9 Å². The van der Waals surface area contributed by atoms with Crippen LogP contribution in [-0.4, -0.2) is 64.4 Å². The van der Waals surface area contributed by atoms with Gasteiger partial charge in [-0.2, -0.15) is 0 Å². The largest absolute Gasteiger partial charge is 0.480 e. The van der Waals surface area contributed by atoms with Crippen molar-refractivity contribution in [3.8, 4) is 0 Å². The fourth-order valence-electron chi connectivity index (χ4n) is 2.91. The van der Waals surface area contributed by atoms with Crippen molar-refractivity contribution < 1.29 is 29.7 Å². The van der Waals surface area contributed by atoms with Gasteiger partial charge in [-0.25, -0.2) is 0 Å². The van der Waals surface area contributed by atoms with Crippen molar-refractivity contribution in [3.63, 3.8) is 0 Å². The molecule has 0 bridgehead atoms. The summed E-state index contributed by atoms with van der Waals surface area (Å²) in [5.41, 5.74) is 21.7. The van der Waals surface area contributed by atoms with Crippen molar-refractivity contribution >= 4 is 34.4 Å². The van der Waals surface area contributed by atoms with Crippen LogP contribution in [-0.2, 0) is 14.4 Å². The topological polar surface area (TPSA) is 228 Å². The number of fused-ring (bicyclic) bond motifs is 1. The van der Waals surface area contributed by atoms with Crippen LogP contribution in [0.1, 0.15) is 45.4 Å². The highest BCUT2D eigenvalue weighted by Crippen LogP contribution is 2.23. The maximum absolute atomic E-state index is 10.8. The number of unbranched alkanes of at least 4 members (excludes halogenated alkanes) is 2. The quantitative estimate of drug-likeness (QED) is 0.182. The third-order valence-corrected chi connectivity index (χ3v) is 5.10. The van der Waals surface area contributed by atoms with Crippen LogP contribution in [0.15, 0.2) is 42.5 Å². The van der Waals surface area contributed by atoms with Gasteiger partial charge >= 0.3 is 17.9 Å². The Labute approximate surface area is 211 Å². The van der Waals surface area contributed by atoms with Gasteiger partial charge < -0.3 is 43.6 Å². The molecule has 202 valence electrons. The van der Waals surface area contributed by atoms with Crippen LogP contribution in [0.4, 0.5) is 5.69 Å². The first-order valence-electron chi connectivity index (χ1n) is 11.9. The number of anilines is 1. The Balaban J connectivity index is 0.000000540. The van der Waals surface area contributed by atoms with E-state index in [0.717, 1.165) is 42.1 Å². The molecule has 12 N–H and O–H groups in total. The second-order valence-corrected chi connectivity index (χ2v) is 8.19. The molecule has 0 spiro atoms. The SMILES string of the molecule is CC(Nc1cccc2ccccc12)C(=O)O.NCCCCC(N)C(=O)O.NCCCCC(N)C(=O)O. The van der Waals surface area contributed by atoms with E-state index in [0.29, 0.717) is 25.9 Å². The van der Waals surface area contributed by atoms with Crippen LogP contribution in [0, 0.1) is 0 Å². The van der Waals surface area contributed by atoms with E-state index >= 15 is 0 Å². The zero-order valence-corrected chi connectivity index (χ0v) is 20.8. The van der Waals surface area contributed by atoms with E-state index in [1.807, 2.05) is 42.5 Å². The van der Waals surface area contributed by atoms with Crippen molar-refractivity contribution in [2.75, 3.05) is 18.4 Å². The summed E-state index contributed by atoms with van der Waals surface area (Å²) in [6.07, 6.45) is 4.33. The van der Waals surface area contributed by atoms with Crippen LogP contribution in [0.2, 0.25) is 0 Å². The molecule has 3 unspecified atom stereocenters. The summed E-state index contributed by atoms with van der Waals surface area (Å²) in [6.45, 7) is 2.84. The molecule has 2 aromatic carbocycles. The number of hydrogen-bond donors (Lipinski definition) is 8. The monoisotopic (exact) mass is 507 g/mol. The van der Waals surface area contributed by atoms with E-state index in [4.69, 9.17) is 38.3 Å². The predicted molar refractivity (Wildman–Crippen MR) is 142 cm³/mol. The second kappa shape index (κ2) is 19.0. The lowest BCUT2D eigenvalue weighted by Gasteiger charge is -2.12. The lowest BCUT2D eigenvalue weighted by atomic mass is 10.1. The van der Waals surface area contributed by atoms with Crippen LogP contribution < -0.4 is 28.3 Å². The predicted octanol–water partition coefficient (Wildman–Crippen LogP) is 1.78. The van der Waals surface area contributed by atoms with E-state index in [-0.39, 0.29) is 0 Å². The maximum Gasteiger partial charge on any atom is 0.325 e. The molecule has 0 amide bonds. The first-order valence-corrected chi connectivity index (χ1v) is 11.9. The molecular weight excluding hydrogens is 466 g/mol. The molecule has 3 atom stereocenters. The number of nitrogens with two attached hydrogens (primary N) is 4. The summed E-state index contributed by atoms with van der Waals surface area (Å²) < 4.78 is 0. The normalized spacial score (nSPS) is 12.7. The number of carbonyl (C=O) groups is 3. The van der Waals surface area contributed by atoms with Gasteiger partial charge in [-0.05, 0) is 57.1 Å². The van der Waals surface area contributed by atoms with E-state index in [2.05, 4.69) is 5.32 Å². The number of nitrogens with one attached hydrogen (secondary N) is 1. The summed E-state index contributed by atoms with van der Waals surface area (Å²) in [5.74, 6) is -2.72.